The molecule has 1 fully saturated rings. The minimum absolute atomic E-state index is 0.375. The summed E-state index contributed by atoms with van der Waals surface area (Å²) in [5.74, 6) is 0. The van der Waals surface area contributed by atoms with E-state index in [9.17, 15) is 0 Å². The molecule has 2 aromatic rings. The third kappa shape index (κ3) is 3.14. The summed E-state index contributed by atoms with van der Waals surface area (Å²) < 4.78 is 0.465. The molecule has 1 aliphatic carbocycles. The van der Waals surface area contributed by atoms with Crippen molar-refractivity contribution in [3.8, 4) is 0 Å². The molecule has 0 saturated heterocycles. The smallest absolute Gasteiger partial charge is 0.0765 e. The lowest BCUT2D eigenvalue weighted by Gasteiger charge is -2.29. The highest BCUT2D eigenvalue weighted by atomic mass is 32.2. The molecule has 1 nitrogen and oxygen atoms in total. The highest BCUT2D eigenvalue weighted by Gasteiger charge is 2.33. The van der Waals surface area contributed by atoms with Crippen LogP contribution in [-0.4, -0.2) is 17.5 Å². The number of thioether (sulfide) groups is 1. The fourth-order valence-corrected chi connectivity index (χ4v) is 5.65. The Morgan fingerprint density at radius 3 is 2.20 bits per heavy atom. The van der Waals surface area contributed by atoms with E-state index in [-0.39, 0.29) is 0 Å². The molecule has 0 bridgehead atoms. The summed E-state index contributed by atoms with van der Waals surface area (Å²) in [6.45, 7) is 1.12. The minimum atomic E-state index is 0.375. The van der Waals surface area contributed by atoms with Crippen LogP contribution in [0.3, 0.4) is 0 Å². The van der Waals surface area contributed by atoms with Gasteiger partial charge in [-0.05, 0) is 42.0 Å². The topological polar surface area (TPSA) is 12.0 Å². The first-order valence-electron chi connectivity index (χ1n) is 7.18. The summed E-state index contributed by atoms with van der Waals surface area (Å²) in [6, 6.07) is 9.19. The van der Waals surface area contributed by atoms with Gasteiger partial charge in [0.25, 0.3) is 0 Å². The van der Waals surface area contributed by atoms with Crippen LogP contribution in [0.5, 0.6) is 0 Å². The van der Waals surface area contributed by atoms with Crippen LogP contribution in [0.25, 0.3) is 0 Å². The van der Waals surface area contributed by atoms with Gasteiger partial charge >= 0.3 is 0 Å². The van der Waals surface area contributed by atoms with Crippen molar-refractivity contribution >= 4 is 34.4 Å². The van der Waals surface area contributed by atoms with Crippen LogP contribution in [0.1, 0.15) is 41.5 Å². The summed E-state index contributed by atoms with van der Waals surface area (Å²) in [5, 5.41) is 8.21. The Labute approximate surface area is 133 Å². The molecule has 2 aromatic heterocycles. The lowest BCUT2D eigenvalue weighted by atomic mass is 10.1. The van der Waals surface area contributed by atoms with E-state index in [4.69, 9.17) is 0 Å². The maximum absolute atomic E-state index is 3.86. The monoisotopic (exact) mass is 323 g/mol. The van der Waals surface area contributed by atoms with Gasteiger partial charge < -0.3 is 5.32 Å². The highest BCUT2D eigenvalue weighted by Crippen LogP contribution is 2.40. The van der Waals surface area contributed by atoms with Crippen LogP contribution in [0.4, 0.5) is 0 Å². The SMILES string of the molecule is CSC1(CNC(c2cccs2)c2cccs2)CCCC1. The van der Waals surface area contributed by atoms with E-state index in [0.29, 0.717) is 10.8 Å². The van der Waals surface area contributed by atoms with E-state index < -0.39 is 0 Å². The summed E-state index contributed by atoms with van der Waals surface area (Å²) in [5.41, 5.74) is 0. The van der Waals surface area contributed by atoms with Gasteiger partial charge in [0.2, 0.25) is 0 Å². The average molecular weight is 324 g/mol. The van der Waals surface area contributed by atoms with Crippen LogP contribution in [0.15, 0.2) is 35.0 Å². The van der Waals surface area contributed by atoms with E-state index >= 15 is 0 Å². The van der Waals surface area contributed by atoms with Gasteiger partial charge in [0, 0.05) is 21.0 Å². The Balaban J connectivity index is 1.74. The third-order valence-corrected chi connectivity index (χ3v) is 7.52. The summed E-state index contributed by atoms with van der Waals surface area (Å²) in [6.07, 6.45) is 7.79. The number of hydrogen-bond acceptors (Lipinski definition) is 4. The van der Waals surface area contributed by atoms with Crippen LogP contribution in [0.2, 0.25) is 0 Å². The molecule has 1 N–H and O–H groups in total. The van der Waals surface area contributed by atoms with E-state index in [0.717, 1.165) is 6.54 Å². The zero-order valence-corrected chi connectivity index (χ0v) is 14.3. The number of nitrogens with one attached hydrogen (secondary N) is 1. The predicted molar refractivity (Wildman–Crippen MR) is 93.2 cm³/mol. The Kier molecular flexibility index (Phi) is 4.87. The molecule has 0 amide bonds. The Morgan fingerprint density at radius 1 is 1.15 bits per heavy atom. The summed E-state index contributed by atoms with van der Waals surface area (Å²) in [7, 11) is 0. The Bertz CT molecular complexity index is 464. The average Bonchev–Trinajstić information content (AvgIpc) is 3.23. The van der Waals surface area contributed by atoms with Gasteiger partial charge in [0.1, 0.15) is 0 Å². The molecule has 20 heavy (non-hydrogen) atoms. The Hall–Kier alpha value is -0.290. The second-order valence-corrected chi connectivity index (χ2v) is 8.67. The maximum Gasteiger partial charge on any atom is 0.0765 e. The molecule has 0 aromatic carbocycles. The van der Waals surface area contributed by atoms with E-state index in [1.807, 2.05) is 22.7 Å². The van der Waals surface area contributed by atoms with Crippen molar-refractivity contribution in [3.05, 3.63) is 44.8 Å². The van der Waals surface area contributed by atoms with Crippen LogP contribution in [0, 0.1) is 0 Å². The van der Waals surface area contributed by atoms with Crippen molar-refractivity contribution in [1.29, 1.82) is 0 Å². The second-order valence-electron chi connectivity index (χ2n) is 5.44. The second kappa shape index (κ2) is 6.65. The van der Waals surface area contributed by atoms with Gasteiger partial charge in [0.15, 0.2) is 0 Å². The van der Waals surface area contributed by atoms with Crippen molar-refractivity contribution < 1.29 is 0 Å². The molecule has 4 heteroatoms. The van der Waals surface area contributed by atoms with Gasteiger partial charge in [-0.1, -0.05) is 25.0 Å². The first kappa shape index (κ1) is 14.6. The number of hydrogen-bond donors (Lipinski definition) is 1. The first-order valence-corrected chi connectivity index (χ1v) is 10.2. The molecule has 0 spiro atoms. The fraction of sp³-hybridized carbons (Fsp3) is 0.500. The molecule has 108 valence electrons. The van der Waals surface area contributed by atoms with Gasteiger partial charge in [-0.2, -0.15) is 11.8 Å². The van der Waals surface area contributed by atoms with Gasteiger partial charge in [-0.15, -0.1) is 22.7 Å². The molecule has 0 unspecified atom stereocenters. The van der Waals surface area contributed by atoms with Gasteiger partial charge in [-0.25, -0.2) is 0 Å². The van der Waals surface area contributed by atoms with Crippen LogP contribution >= 0.6 is 34.4 Å². The zero-order chi connectivity index (χ0) is 13.8. The largest absolute Gasteiger partial charge is 0.304 e. The highest BCUT2D eigenvalue weighted by molar-refractivity contribution is 8.00. The van der Waals surface area contributed by atoms with E-state index in [2.05, 4.69) is 58.4 Å². The van der Waals surface area contributed by atoms with Crippen LogP contribution in [-0.2, 0) is 0 Å². The molecule has 1 aliphatic rings. The standard InChI is InChI=1S/C16H21NS3/c1-18-16(8-2-3-9-16)12-17-15(13-6-4-10-19-13)14-7-5-11-20-14/h4-7,10-11,15,17H,2-3,8-9,12H2,1H3. The Morgan fingerprint density at radius 2 is 1.75 bits per heavy atom. The minimum Gasteiger partial charge on any atom is -0.304 e. The van der Waals surface area contributed by atoms with Gasteiger partial charge in [-0.3, -0.25) is 0 Å². The van der Waals surface area contributed by atoms with Crippen molar-refractivity contribution in [1.82, 2.24) is 5.32 Å². The first-order chi connectivity index (χ1) is 9.83. The summed E-state index contributed by atoms with van der Waals surface area (Å²) in [4.78, 5) is 2.86. The normalized spacial score (nSPS) is 17.9. The predicted octanol–water partition coefficient (Wildman–Crippen LogP) is 5.16. The van der Waals surface area contributed by atoms with E-state index in [1.165, 1.54) is 35.4 Å². The number of thiophene rings is 2. The molecular weight excluding hydrogens is 302 g/mol. The van der Waals surface area contributed by atoms with Gasteiger partial charge in [0.05, 0.1) is 6.04 Å². The third-order valence-electron chi connectivity index (χ3n) is 4.23. The van der Waals surface area contributed by atoms with Crippen molar-refractivity contribution in [2.24, 2.45) is 0 Å². The summed E-state index contributed by atoms with van der Waals surface area (Å²) >= 11 is 5.77. The molecule has 0 aliphatic heterocycles. The fourth-order valence-electron chi connectivity index (χ4n) is 3.01. The molecule has 0 atom stereocenters. The van der Waals surface area contributed by atoms with Crippen molar-refractivity contribution in [2.45, 2.75) is 36.5 Å². The van der Waals surface area contributed by atoms with Crippen molar-refractivity contribution in [3.63, 3.8) is 0 Å². The molecular formula is C16H21NS3. The zero-order valence-electron chi connectivity index (χ0n) is 11.8. The maximum atomic E-state index is 3.86. The molecule has 1 saturated carbocycles. The quantitative estimate of drug-likeness (QED) is 0.787. The number of rotatable bonds is 6. The van der Waals surface area contributed by atoms with Crippen LogP contribution < -0.4 is 5.32 Å². The molecule has 0 radical (unpaired) electrons. The van der Waals surface area contributed by atoms with Crippen molar-refractivity contribution in [2.75, 3.05) is 12.8 Å². The lowest BCUT2D eigenvalue weighted by Crippen LogP contribution is -2.37. The van der Waals surface area contributed by atoms with E-state index in [1.54, 1.807) is 0 Å². The lowest BCUT2D eigenvalue weighted by molar-refractivity contribution is 0.507. The molecule has 3 rings (SSSR count). The molecule has 2 heterocycles.